The second-order valence-electron chi connectivity index (χ2n) is 8.07. The summed E-state index contributed by atoms with van der Waals surface area (Å²) < 4.78 is 26.1. The molecule has 0 spiro atoms. The number of hydrogen-bond acceptors (Lipinski definition) is 6. The molecule has 1 N–H and O–H groups in total. The summed E-state index contributed by atoms with van der Waals surface area (Å²) in [6, 6.07) is 13.6. The van der Waals surface area contributed by atoms with Crippen molar-refractivity contribution in [3.05, 3.63) is 66.1 Å². The van der Waals surface area contributed by atoms with E-state index in [0.717, 1.165) is 59.9 Å². The lowest BCUT2D eigenvalue weighted by atomic mass is 9.97. The lowest BCUT2D eigenvalue weighted by molar-refractivity contribution is 0.402. The van der Waals surface area contributed by atoms with Gasteiger partial charge in [0.15, 0.2) is 0 Å². The Morgan fingerprint density at radius 1 is 1.03 bits per heavy atom. The van der Waals surface area contributed by atoms with Crippen LogP contribution >= 0.6 is 11.6 Å². The van der Waals surface area contributed by atoms with E-state index in [9.17, 15) is 8.42 Å². The predicted molar refractivity (Wildman–Crippen MR) is 130 cm³/mol. The maximum absolute atomic E-state index is 10.8. The molecule has 0 aliphatic carbocycles. The van der Waals surface area contributed by atoms with Gasteiger partial charge in [-0.1, -0.05) is 11.6 Å². The molecular formula is C23H23ClN6O2S. The van der Waals surface area contributed by atoms with E-state index in [1.54, 1.807) is 6.20 Å². The van der Waals surface area contributed by atoms with E-state index in [4.69, 9.17) is 21.6 Å². The van der Waals surface area contributed by atoms with Crippen LogP contribution in [0, 0.1) is 5.92 Å². The molecule has 1 aliphatic heterocycles. The lowest BCUT2D eigenvalue weighted by Gasteiger charge is -2.32. The van der Waals surface area contributed by atoms with Crippen molar-refractivity contribution in [2.75, 3.05) is 24.5 Å². The highest BCUT2D eigenvalue weighted by Gasteiger charge is 2.21. The highest BCUT2D eigenvalue weighted by Crippen LogP contribution is 2.30. The number of rotatable bonds is 6. The Labute approximate surface area is 198 Å². The van der Waals surface area contributed by atoms with Crippen LogP contribution in [0.4, 0.5) is 5.82 Å². The van der Waals surface area contributed by atoms with Gasteiger partial charge in [0.25, 0.3) is 0 Å². The highest BCUT2D eigenvalue weighted by atomic mass is 35.5. The van der Waals surface area contributed by atoms with Crippen LogP contribution < -0.4 is 9.62 Å². The highest BCUT2D eigenvalue weighted by molar-refractivity contribution is 7.70. The SMILES string of the molecule is O=[SH](=O)NCC1CCN(c2ccc(-c3nc4ccncc4n3-c3ccc(Cl)cc3)cn2)CC1. The summed E-state index contributed by atoms with van der Waals surface area (Å²) in [4.78, 5) is 16.1. The van der Waals surface area contributed by atoms with E-state index in [1.807, 2.05) is 54.9 Å². The molecule has 0 unspecified atom stereocenters. The van der Waals surface area contributed by atoms with Crippen LogP contribution in [0.1, 0.15) is 12.8 Å². The van der Waals surface area contributed by atoms with E-state index in [-0.39, 0.29) is 0 Å². The van der Waals surface area contributed by atoms with Crippen molar-refractivity contribution in [1.29, 1.82) is 0 Å². The second-order valence-corrected chi connectivity index (χ2v) is 9.33. The molecule has 170 valence electrons. The van der Waals surface area contributed by atoms with Crippen molar-refractivity contribution in [2.24, 2.45) is 5.92 Å². The Morgan fingerprint density at radius 3 is 2.52 bits per heavy atom. The number of aromatic nitrogens is 4. The first kappa shape index (κ1) is 21.8. The monoisotopic (exact) mass is 482 g/mol. The first-order chi connectivity index (χ1) is 16.1. The summed E-state index contributed by atoms with van der Waals surface area (Å²) in [5.74, 6) is 2.06. The molecule has 1 aliphatic rings. The van der Waals surface area contributed by atoms with Gasteiger partial charge in [-0.25, -0.2) is 23.1 Å². The predicted octanol–water partition coefficient (Wildman–Crippen LogP) is 3.47. The fourth-order valence-corrected chi connectivity index (χ4v) is 4.78. The van der Waals surface area contributed by atoms with Gasteiger partial charge in [-0.15, -0.1) is 0 Å². The van der Waals surface area contributed by atoms with Gasteiger partial charge in [-0.3, -0.25) is 9.55 Å². The third kappa shape index (κ3) is 4.71. The van der Waals surface area contributed by atoms with Crippen LogP contribution in [0.2, 0.25) is 5.02 Å². The van der Waals surface area contributed by atoms with E-state index in [1.165, 1.54) is 0 Å². The zero-order valence-corrected chi connectivity index (χ0v) is 19.4. The zero-order valence-electron chi connectivity index (χ0n) is 17.8. The van der Waals surface area contributed by atoms with Gasteiger partial charge in [0, 0.05) is 48.3 Å². The second kappa shape index (κ2) is 9.46. The molecule has 10 heteroatoms. The number of halogens is 1. The molecule has 3 aromatic heterocycles. The number of pyridine rings is 2. The number of hydrogen-bond donors (Lipinski definition) is 2. The van der Waals surface area contributed by atoms with Gasteiger partial charge in [0.1, 0.15) is 11.6 Å². The van der Waals surface area contributed by atoms with Gasteiger partial charge < -0.3 is 4.90 Å². The molecular weight excluding hydrogens is 460 g/mol. The third-order valence-corrected chi connectivity index (χ3v) is 6.69. The number of thiol groups is 1. The molecule has 1 fully saturated rings. The van der Waals surface area contributed by atoms with Crippen molar-refractivity contribution < 1.29 is 8.42 Å². The fourth-order valence-electron chi connectivity index (χ4n) is 4.24. The summed E-state index contributed by atoms with van der Waals surface area (Å²) >= 11 is 6.10. The Kier molecular flexibility index (Phi) is 6.26. The van der Waals surface area contributed by atoms with Gasteiger partial charge >= 0.3 is 0 Å². The molecule has 0 bridgehead atoms. The average molecular weight is 483 g/mol. The van der Waals surface area contributed by atoms with Crippen LogP contribution in [0.5, 0.6) is 0 Å². The molecule has 1 aromatic carbocycles. The van der Waals surface area contributed by atoms with Gasteiger partial charge in [-0.2, -0.15) is 0 Å². The Morgan fingerprint density at radius 2 is 1.82 bits per heavy atom. The van der Waals surface area contributed by atoms with Gasteiger partial charge in [0.05, 0.1) is 17.2 Å². The van der Waals surface area contributed by atoms with Gasteiger partial charge in [0.2, 0.25) is 10.9 Å². The number of nitrogens with one attached hydrogen (secondary N) is 1. The third-order valence-electron chi connectivity index (χ3n) is 6.00. The minimum absolute atomic E-state index is 0.362. The first-order valence-electron chi connectivity index (χ1n) is 10.8. The summed E-state index contributed by atoms with van der Waals surface area (Å²) in [6.07, 6.45) is 7.26. The van der Waals surface area contributed by atoms with E-state index in [2.05, 4.69) is 19.2 Å². The van der Waals surface area contributed by atoms with Crippen LogP contribution in [0.3, 0.4) is 0 Å². The molecule has 4 heterocycles. The van der Waals surface area contributed by atoms with Crippen molar-refractivity contribution in [3.8, 4) is 17.1 Å². The van der Waals surface area contributed by atoms with Crippen LogP contribution in [-0.2, 0) is 10.9 Å². The molecule has 0 saturated carbocycles. The zero-order chi connectivity index (χ0) is 22.8. The van der Waals surface area contributed by atoms with Crippen molar-refractivity contribution in [1.82, 2.24) is 24.2 Å². The number of imidazole rings is 1. The number of fused-ring (bicyclic) bond motifs is 1. The molecule has 5 rings (SSSR count). The summed E-state index contributed by atoms with van der Waals surface area (Å²) in [7, 11) is -2.53. The summed E-state index contributed by atoms with van der Waals surface area (Å²) in [5, 5.41) is 0.676. The first-order valence-corrected chi connectivity index (χ1v) is 12.3. The average Bonchev–Trinajstić information content (AvgIpc) is 3.23. The Balaban J connectivity index is 1.40. The van der Waals surface area contributed by atoms with Crippen molar-refractivity contribution in [3.63, 3.8) is 0 Å². The number of nitrogens with zero attached hydrogens (tertiary/aromatic N) is 5. The van der Waals surface area contributed by atoms with Crippen LogP contribution in [0.25, 0.3) is 28.1 Å². The standard InChI is InChI=1S/C23H23ClN6O2S/c24-18-2-4-19(5-3-18)30-21-15-25-10-7-20(21)28-23(30)17-1-6-22(26-14-17)29-11-8-16(9-12-29)13-27-33(31)32/h1-7,10,14-16,33H,8-9,11-13H2,(H,27,31,32). The van der Waals surface area contributed by atoms with E-state index >= 15 is 0 Å². The fraction of sp³-hybridized carbons (Fsp3) is 0.261. The molecule has 0 amide bonds. The smallest absolute Gasteiger partial charge is 0.201 e. The van der Waals surface area contributed by atoms with E-state index in [0.29, 0.717) is 17.5 Å². The minimum Gasteiger partial charge on any atom is -0.357 e. The number of anilines is 1. The Bertz CT molecular complexity index is 1320. The van der Waals surface area contributed by atoms with Crippen LogP contribution in [0.15, 0.2) is 61.1 Å². The van der Waals surface area contributed by atoms with Gasteiger partial charge in [-0.05, 0) is 61.2 Å². The lowest BCUT2D eigenvalue weighted by Crippen LogP contribution is -2.37. The molecule has 1 saturated heterocycles. The topological polar surface area (TPSA) is 93.0 Å². The van der Waals surface area contributed by atoms with Crippen molar-refractivity contribution in [2.45, 2.75) is 12.8 Å². The van der Waals surface area contributed by atoms with Crippen molar-refractivity contribution >= 4 is 39.3 Å². The summed E-state index contributed by atoms with van der Waals surface area (Å²) in [5.41, 5.74) is 3.62. The normalized spacial score (nSPS) is 14.9. The molecule has 8 nitrogen and oxygen atoms in total. The summed E-state index contributed by atoms with van der Waals surface area (Å²) in [6.45, 7) is 2.21. The maximum atomic E-state index is 10.8. The quantitative estimate of drug-likeness (QED) is 0.409. The molecule has 33 heavy (non-hydrogen) atoms. The minimum atomic E-state index is -2.53. The Hall–Kier alpha value is -3.01. The molecule has 0 atom stereocenters. The largest absolute Gasteiger partial charge is 0.357 e. The number of piperidine rings is 1. The number of benzene rings is 1. The maximum Gasteiger partial charge on any atom is 0.201 e. The molecule has 4 aromatic rings. The van der Waals surface area contributed by atoms with Crippen LogP contribution in [-0.4, -0.2) is 47.6 Å². The van der Waals surface area contributed by atoms with E-state index < -0.39 is 10.9 Å². The molecule has 0 radical (unpaired) electrons.